The highest BCUT2D eigenvalue weighted by Gasteiger charge is 2.40. The van der Waals surface area contributed by atoms with Crippen molar-refractivity contribution >= 4 is 69.7 Å². The molecular weight excluding hydrogens is 626 g/mol. The summed E-state index contributed by atoms with van der Waals surface area (Å²) in [6.07, 6.45) is 1.98. The third kappa shape index (κ3) is 5.61. The van der Waals surface area contributed by atoms with Crippen LogP contribution in [-0.4, -0.2) is 35.2 Å². The van der Waals surface area contributed by atoms with E-state index < -0.39 is 5.92 Å². The highest BCUT2D eigenvalue weighted by molar-refractivity contribution is 6.36. The summed E-state index contributed by atoms with van der Waals surface area (Å²) in [5.74, 6) is 0.910. The summed E-state index contributed by atoms with van der Waals surface area (Å²) < 4.78 is 12.1. The van der Waals surface area contributed by atoms with Gasteiger partial charge in [-0.2, -0.15) is 4.98 Å². The van der Waals surface area contributed by atoms with Crippen molar-refractivity contribution in [2.24, 2.45) is 5.73 Å². The van der Waals surface area contributed by atoms with Gasteiger partial charge in [-0.05, 0) is 78.4 Å². The maximum Gasteiger partial charge on any atom is 0.260 e. The summed E-state index contributed by atoms with van der Waals surface area (Å²) in [5.41, 5.74) is 11.3. The van der Waals surface area contributed by atoms with Crippen molar-refractivity contribution in [2.45, 2.75) is 5.92 Å². The van der Waals surface area contributed by atoms with E-state index in [0.29, 0.717) is 55.4 Å². The lowest BCUT2D eigenvalue weighted by Gasteiger charge is -2.37. The highest BCUT2D eigenvalue weighted by atomic mass is 35.5. The maximum absolute atomic E-state index is 6.80. The van der Waals surface area contributed by atoms with Crippen molar-refractivity contribution in [1.29, 1.82) is 0 Å². The minimum Gasteiger partial charge on any atom is -0.441 e. The van der Waals surface area contributed by atoms with Gasteiger partial charge in [0.1, 0.15) is 5.76 Å². The van der Waals surface area contributed by atoms with E-state index in [-0.39, 0.29) is 11.8 Å². The first-order valence-corrected chi connectivity index (χ1v) is 14.4. The monoisotopic (exact) mass is 644 g/mol. The molecule has 3 heterocycles. The molecule has 0 fully saturated rings. The van der Waals surface area contributed by atoms with Crippen LogP contribution in [0, 0.1) is 0 Å². The fraction of sp³-hybridized carbons (Fsp3) is 0.133. The van der Waals surface area contributed by atoms with E-state index in [2.05, 4.69) is 15.0 Å². The molecule has 0 saturated heterocycles. The third-order valence-electron chi connectivity index (χ3n) is 6.90. The molecule has 0 saturated carbocycles. The van der Waals surface area contributed by atoms with Gasteiger partial charge in [0.2, 0.25) is 11.7 Å². The molecule has 6 nitrogen and oxygen atoms in total. The van der Waals surface area contributed by atoms with Crippen molar-refractivity contribution in [1.82, 2.24) is 15.0 Å². The van der Waals surface area contributed by atoms with E-state index in [1.807, 2.05) is 37.4 Å². The molecule has 3 aromatic carbocycles. The number of ether oxygens (including phenoxy) is 1. The van der Waals surface area contributed by atoms with Crippen LogP contribution in [0.5, 0.6) is 0 Å². The molecule has 0 radical (unpaired) electrons. The number of allylic oxidation sites excluding steroid dienone is 1. The van der Waals surface area contributed by atoms with Crippen LogP contribution in [0.3, 0.4) is 0 Å². The predicted molar refractivity (Wildman–Crippen MR) is 165 cm³/mol. The Balaban J connectivity index is 1.51. The van der Waals surface area contributed by atoms with E-state index >= 15 is 0 Å². The summed E-state index contributed by atoms with van der Waals surface area (Å²) in [4.78, 5) is 6.85. The van der Waals surface area contributed by atoms with Gasteiger partial charge >= 0.3 is 0 Å². The van der Waals surface area contributed by atoms with E-state index in [1.165, 1.54) is 0 Å². The Bertz CT molecular complexity index is 1760. The number of aromatic nitrogens is 2. The molecule has 2 aliphatic heterocycles. The number of nitrogens with zero attached hydrogens (tertiary/aromatic N) is 3. The second kappa shape index (κ2) is 11.4. The lowest BCUT2D eigenvalue weighted by atomic mass is 9.79. The number of hydrogen-bond donors (Lipinski definition) is 1. The average Bonchev–Trinajstić information content (AvgIpc) is 3.40. The molecule has 0 amide bonds. The Labute approximate surface area is 261 Å². The number of hydrogen-bond acceptors (Lipinski definition) is 6. The largest absolute Gasteiger partial charge is 0.441 e. The second-order valence-corrected chi connectivity index (χ2v) is 11.9. The summed E-state index contributed by atoms with van der Waals surface area (Å²) >= 11 is 31.8. The van der Waals surface area contributed by atoms with Crippen molar-refractivity contribution in [3.63, 3.8) is 0 Å². The van der Waals surface area contributed by atoms with Crippen LogP contribution >= 0.6 is 58.0 Å². The minimum absolute atomic E-state index is 0.128. The van der Waals surface area contributed by atoms with Crippen LogP contribution in [0.15, 0.2) is 88.0 Å². The van der Waals surface area contributed by atoms with Crippen molar-refractivity contribution in [3.8, 4) is 11.4 Å². The molecule has 41 heavy (non-hydrogen) atoms. The van der Waals surface area contributed by atoms with Crippen LogP contribution in [0.2, 0.25) is 25.1 Å². The van der Waals surface area contributed by atoms with Gasteiger partial charge in [-0.1, -0.05) is 75.3 Å². The molecule has 1 unspecified atom stereocenters. The quantitative estimate of drug-likeness (QED) is 0.239. The molecule has 0 bridgehead atoms. The second-order valence-electron chi connectivity index (χ2n) is 9.77. The van der Waals surface area contributed by atoms with Crippen molar-refractivity contribution in [2.75, 3.05) is 20.1 Å². The van der Waals surface area contributed by atoms with E-state index in [1.54, 1.807) is 36.4 Å². The molecule has 1 aromatic heterocycles. The van der Waals surface area contributed by atoms with Crippen LogP contribution in [0.1, 0.15) is 22.9 Å². The third-order valence-corrected chi connectivity index (χ3v) is 8.28. The van der Waals surface area contributed by atoms with Crippen molar-refractivity contribution < 1.29 is 9.26 Å². The molecule has 4 aromatic rings. The van der Waals surface area contributed by atoms with Gasteiger partial charge in [-0.3, -0.25) is 4.90 Å². The summed E-state index contributed by atoms with van der Waals surface area (Å²) in [6, 6.07) is 17.9. The zero-order valence-electron chi connectivity index (χ0n) is 21.5. The summed E-state index contributed by atoms with van der Waals surface area (Å²) in [7, 11) is 2.02. The van der Waals surface area contributed by atoms with E-state index in [0.717, 1.165) is 27.8 Å². The van der Waals surface area contributed by atoms with Crippen molar-refractivity contribution in [3.05, 3.63) is 126 Å². The standard InChI is InChI=1S/C30H21Cl5N4O2/c1-39-13-17(10-16-4-7-19(32)11-23(16)34)27-22(14-39)25(21-9-8-20(33)12-24(21)35)26(28(36)40-27)30-37-29(38-41-30)15-2-5-18(31)6-3-15/h2-12,25H,13-14,36H2,1H3/b17-10+. The fourth-order valence-electron chi connectivity index (χ4n) is 5.10. The first-order valence-electron chi connectivity index (χ1n) is 12.5. The zero-order valence-corrected chi connectivity index (χ0v) is 25.2. The van der Waals surface area contributed by atoms with Crippen LogP contribution in [0.25, 0.3) is 23.0 Å². The van der Waals surface area contributed by atoms with Gasteiger partial charge in [0.15, 0.2) is 0 Å². The summed E-state index contributed by atoms with van der Waals surface area (Å²) in [5, 5.41) is 6.87. The first kappa shape index (κ1) is 28.2. The SMILES string of the molecule is CN1CC2=C(OC(N)=C(c3nc(-c4ccc(Cl)cc4)no3)C2c2ccc(Cl)cc2Cl)/C(=C/c2ccc(Cl)cc2Cl)C1. The predicted octanol–water partition coefficient (Wildman–Crippen LogP) is 8.73. The fourth-order valence-corrected chi connectivity index (χ4v) is 6.20. The topological polar surface area (TPSA) is 77.4 Å². The molecule has 0 spiro atoms. The molecule has 1 atom stereocenters. The maximum atomic E-state index is 6.80. The van der Waals surface area contributed by atoms with E-state index in [9.17, 15) is 0 Å². The molecule has 208 valence electrons. The average molecular weight is 647 g/mol. The Hall–Kier alpha value is -2.97. The Kier molecular flexibility index (Phi) is 7.81. The number of rotatable bonds is 4. The summed E-state index contributed by atoms with van der Waals surface area (Å²) in [6.45, 7) is 1.17. The minimum atomic E-state index is -0.464. The van der Waals surface area contributed by atoms with Crippen LogP contribution in [0.4, 0.5) is 0 Å². The van der Waals surface area contributed by atoms with E-state index in [4.69, 9.17) is 73.0 Å². The molecular formula is C30H21Cl5N4O2. The highest BCUT2D eigenvalue weighted by Crippen LogP contribution is 2.49. The van der Waals surface area contributed by atoms with Gasteiger partial charge in [0.05, 0.1) is 5.57 Å². The van der Waals surface area contributed by atoms with Crippen LogP contribution < -0.4 is 5.73 Å². The Morgan fingerprint density at radius 3 is 2.27 bits per heavy atom. The molecule has 0 aliphatic carbocycles. The Morgan fingerprint density at radius 2 is 1.56 bits per heavy atom. The lowest BCUT2D eigenvalue weighted by molar-refractivity contribution is 0.256. The number of halogens is 5. The molecule has 2 aliphatic rings. The van der Waals surface area contributed by atoms with Crippen LogP contribution in [-0.2, 0) is 4.74 Å². The van der Waals surface area contributed by atoms with Gasteiger partial charge in [0.25, 0.3) is 5.89 Å². The number of benzene rings is 3. The lowest BCUT2D eigenvalue weighted by Crippen LogP contribution is -2.36. The number of likely N-dealkylation sites (N-methyl/N-ethyl adjacent to an activating group) is 1. The van der Waals surface area contributed by atoms with Gasteiger partial charge in [0, 0.05) is 55.3 Å². The molecule has 11 heteroatoms. The first-order chi connectivity index (χ1) is 19.7. The van der Waals surface area contributed by atoms with Gasteiger partial charge < -0.3 is 15.0 Å². The Morgan fingerprint density at radius 1 is 0.878 bits per heavy atom. The molecule has 6 rings (SSSR count). The molecule has 2 N–H and O–H groups in total. The van der Waals surface area contributed by atoms with Gasteiger partial charge in [-0.25, -0.2) is 0 Å². The van der Waals surface area contributed by atoms with Gasteiger partial charge in [-0.15, -0.1) is 0 Å². The zero-order chi connectivity index (χ0) is 28.8. The smallest absolute Gasteiger partial charge is 0.260 e. The normalized spacial score (nSPS) is 18.6. The number of nitrogens with two attached hydrogens (primary N) is 1.